The highest BCUT2D eigenvalue weighted by Gasteiger charge is 2.42. The van der Waals surface area contributed by atoms with Gasteiger partial charge < -0.3 is 15.1 Å². The molecule has 3 rings (SSSR count). The Hall–Kier alpha value is -1.95. The molecule has 2 aliphatic heterocycles. The van der Waals surface area contributed by atoms with E-state index in [0.29, 0.717) is 18.7 Å². The Bertz CT molecular complexity index is 538. The van der Waals surface area contributed by atoms with E-state index in [2.05, 4.69) is 15.5 Å². The van der Waals surface area contributed by atoms with E-state index in [0.717, 1.165) is 31.6 Å². The number of hydrogen-bond donors (Lipinski definition) is 1. The lowest BCUT2D eigenvalue weighted by molar-refractivity contribution is -0.123. The van der Waals surface area contributed by atoms with Crippen LogP contribution in [0.15, 0.2) is 29.6 Å². The van der Waals surface area contributed by atoms with Gasteiger partial charge >= 0.3 is 0 Å². The second kappa shape index (κ2) is 5.81. The molecular weight excluding hydrogens is 268 g/mol. The van der Waals surface area contributed by atoms with Crippen LogP contribution in [0, 0.1) is 0 Å². The van der Waals surface area contributed by atoms with E-state index in [-0.39, 0.29) is 11.5 Å². The molecule has 1 aromatic heterocycles. The number of carbonyl (C=O) groups excluding carboxylic acids is 1. The highest BCUT2D eigenvalue weighted by Crippen LogP contribution is 2.30. The Kier molecular flexibility index (Phi) is 3.88. The molecule has 0 radical (unpaired) electrons. The van der Waals surface area contributed by atoms with Gasteiger partial charge in [-0.05, 0) is 31.5 Å². The zero-order valence-corrected chi connectivity index (χ0v) is 12.2. The van der Waals surface area contributed by atoms with Crippen molar-refractivity contribution in [1.29, 1.82) is 0 Å². The Morgan fingerprint density at radius 2 is 2.43 bits per heavy atom. The summed E-state index contributed by atoms with van der Waals surface area (Å²) in [5.41, 5.74) is 1.06. The van der Waals surface area contributed by atoms with E-state index >= 15 is 0 Å². The van der Waals surface area contributed by atoms with Crippen LogP contribution in [0.4, 0.5) is 0 Å². The number of nitrogens with zero attached hydrogens (tertiary/aromatic N) is 3. The van der Waals surface area contributed by atoms with Gasteiger partial charge in [0.25, 0.3) is 5.91 Å². The fraction of sp³-hybridized carbons (Fsp3) is 0.533. The number of piperidine rings is 1. The van der Waals surface area contributed by atoms with Crippen LogP contribution in [0.1, 0.15) is 25.0 Å². The molecule has 21 heavy (non-hydrogen) atoms. The number of carbonyl (C=O) groups is 1. The normalized spacial score (nSPS) is 24.5. The maximum atomic E-state index is 12.4. The molecule has 6 nitrogen and oxygen atoms in total. The summed E-state index contributed by atoms with van der Waals surface area (Å²) in [4.78, 5) is 23.9. The summed E-state index contributed by atoms with van der Waals surface area (Å²) in [6.07, 6.45) is 4.32. The summed E-state index contributed by atoms with van der Waals surface area (Å²) in [6, 6.07) is 5.68. The zero-order chi connectivity index (χ0) is 14.7. The molecule has 0 saturated carbocycles. The molecule has 2 aliphatic rings. The van der Waals surface area contributed by atoms with Crippen LogP contribution < -0.4 is 5.32 Å². The number of nitrogens with one attached hydrogen (secondary N) is 1. The van der Waals surface area contributed by atoms with Crippen LogP contribution >= 0.6 is 0 Å². The average Bonchev–Trinajstić information content (AvgIpc) is 2.92. The van der Waals surface area contributed by atoms with Gasteiger partial charge in [-0.1, -0.05) is 11.2 Å². The van der Waals surface area contributed by atoms with Crippen molar-refractivity contribution in [3.8, 4) is 0 Å². The molecule has 1 aromatic rings. The Balaban J connectivity index is 1.60. The molecule has 1 saturated heterocycles. The molecular formula is C15H20N4O2. The molecule has 6 heteroatoms. The van der Waals surface area contributed by atoms with Gasteiger partial charge in [0.05, 0.1) is 12.2 Å². The molecule has 3 heterocycles. The fourth-order valence-electron chi connectivity index (χ4n) is 2.83. The zero-order valence-electron chi connectivity index (χ0n) is 12.2. The van der Waals surface area contributed by atoms with E-state index in [1.165, 1.54) is 0 Å². The Morgan fingerprint density at radius 1 is 1.52 bits per heavy atom. The maximum absolute atomic E-state index is 12.4. The largest absolute Gasteiger partial charge is 0.387 e. The lowest BCUT2D eigenvalue weighted by Gasteiger charge is -2.31. The molecule has 1 spiro atoms. The van der Waals surface area contributed by atoms with Gasteiger partial charge in [-0.2, -0.15) is 0 Å². The van der Waals surface area contributed by atoms with Gasteiger partial charge in [-0.15, -0.1) is 0 Å². The Labute approximate surface area is 124 Å². The number of amides is 1. The van der Waals surface area contributed by atoms with Crippen molar-refractivity contribution in [2.45, 2.75) is 31.4 Å². The average molecular weight is 288 g/mol. The predicted molar refractivity (Wildman–Crippen MR) is 78.7 cm³/mol. The third kappa shape index (κ3) is 3.05. The van der Waals surface area contributed by atoms with Crippen LogP contribution in [0.2, 0.25) is 0 Å². The molecule has 112 valence electrons. The van der Waals surface area contributed by atoms with Crippen LogP contribution in [-0.4, -0.2) is 47.2 Å². The van der Waals surface area contributed by atoms with Crippen LogP contribution in [-0.2, 0) is 16.2 Å². The third-order valence-electron chi connectivity index (χ3n) is 3.99. The van der Waals surface area contributed by atoms with Crippen molar-refractivity contribution in [2.24, 2.45) is 5.16 Å². The minimum atomic E-state index is -0.310. The first-order valence-corrected chi connectivity index (χ1v) is 7.30. The fourth-order valence-corrected chi connectivity index (χ4v) is 2.83. The first-order chi connectivity index (χ1) is 10.2. The molecule has 1 fully saturated rings. The van der Waals surface area contributed by atoms with E-state index < -0.39 is 0 Å². The van der Waals surface area contributed by atoms with Crippen molar-refractivity contribution in [3.63, 3.8) is 0 Å². The number of pyridine rings is 1. The van der Waals surface area contributed by atoms with Crippen LogP contribution in [0.25, 0.3) is 0 Å². The van der Waals surface area contributed by atoms with Gasteiger partial charge in [0.15, 0.2) is 5.60 Å². The maximum Gasteiger partial charge on any atom is 0.271 e. The van der Waals surface area contributed by atoms with Crippen molar-refractivity contribution >= 4 is 11.6 Å². The SMILES string of the molecule is CN(Cc1ccccn1)C(=O)C1=NO[C@]2(CCCNC2)C1. The third-order valence-corrected chi connectivity index (χ3v) is 3.99. The molecule has 0 aliphatic carbocycles. The molecule has 1 N–H and O–H groups in total. The predicted octanol–water partition coefficient (Wildman–Crippen LogP) is 0.938. The summed E-state index contributed by atoms with van der Waals surface area (Å²) in [5.74, 6) is -0.0805. The minimum absolute atomic E-state index is 0.0805. The quantitative estimate of drug-likeness (QED) is 0.899. The highest BCUT2D eigenvalue weighted by molar-refractivity contribution is 6.39. The lowest BCUT2D eigenvalue weighted by atomic mass is 9.89. The number of rotatable bonds is 3. The van der Waals surface area contributed by atoms with Gasteiger partial charge in [0, 0.05) is 26.2 Å². The number of oxime groups is 1. The molecule has 0 aromatic carbocycles. The number of aromatic nitrogens is 1. The number of hydrogen-bond acceptors (Lipinski definition) is 5. The topological polar surface area (TPSA) is 66.8 Å². The highest BCUT2D eigenvalue weighted by atomic mass is 16.7. The van der Waals surface area contributed by atoms with Crippen molar-refractivity contribution in [2.75, 3.05) is 20.1 Å². The van der Waals surface area contributed by atoms with E-state index in [4.69, 9.17) is 4.84 Å². The van der Waals surface area contributed by atoms with Crippen molar-refractivity contribution in [1.82, 2.24) is 15.2 Å². The molecule has 0 unspecified atom stereocenters. The summed E-state index contributed by atoms with van der Waals surface area (Å²) in [5, 5.41) is 7.35. The first kappa shape index (κ1) is 14.0. The minimum Gasteiger partial charge on any atom is -0.387 e. The van der Waals surface area contributed by atoms with Crippen molar-refractivity contribution in [3.05, 3.63) is 30.1 Å². The lowest BCUT2D eigenvalue weighted by Crippen LogP contribution is -2.46. The van der Waals surface area contributed by atoms with Gasteiger partial charge in [-0.3, -0.25) is 9.78 Å². The molecule has 1 amide bonds. The molecule has 0 bridgehead atoms. The van der Waals surface area contributed by atoms with Gasteiger partial charge in [-0.25, -0.2) is 0 Å². The summed E-state index contributed by atoms with van der Waals surface area (Å²) < 4.78 is 0. The van der Waals surface area contributed by atoms with E-state index in [1.807, 2.05) is 18.2 Å². The first-order valence-electron chi connectivity index (χ1n) is 7.30. The van der Waals surface area contributed by atoms with Gasteiger partial charge in [0.1, 0.15) is 5.71 Å². The van der Waals surface area contributed by atoms with E-state index in [9.17, 15) is 4.79 Å². The van der Waals surface area contributed by atoms with Gasteiger partial charge in [0.2, 0.25) is 0 Å². The standard InChI is InChI=1S/C15H20N4O2/c1-19(10-12-5-2-3-8-17-12)14(20)13-9-15(21-18-13)6-4-7-16-11-15/h2-3,5,8,16H,4,6-7,9-11H2,1H3/t15-/m1/s1. The second-order valence-electron chi connectivity index (χ2n) is 5.75. The van der Waals surface area contributed by atoms with Crippen LogP contribution in [0.5, 0.6) is 0 Å². The van der Waals surface area contributed by atoms with Crippen LogP contribution in [0.3, 0.4) is 0 Å². The molecule has 1 atom stereocenters. The monoisotopic (exact) mass is 288 g/mol. The smallest absolute Gasteiger partial charge is 0.271 e. The summed E-state index contributed by atoms with van der Waals surface area (Å²) >= 11 is 0. The van der Waals surface area contributed by atoms with E-state index in [1.54, 1.807) is 18.1 Å². The second-order valence-corrected chi connectivity index (χ2v) is 5.75. The summed E-state index contributed by atoms with van der Waals surface area (Å²) in [6.45, 7) is 2.25. The van der Waals surface area contributed by atoms with Crippen molar-refractivity contribution < 1.29 is 9.63 Å². The Morgan fingerprint density at radius 3 is 3.14 bits per heavy atom. The summed E-state index contributed by atoms with van der Waals surface area (Å²) in [7, 11) is 1.77.